The minimum atomic E-state index is -3.57. The lowest BCUT2D eigenvalue weighted by Crippen LogP contribution is -2.44. The van der Waals surface area contributed by atoms with Gasteiger partial charge >= 0.3 is 6.09 Å². The van der Waals surface area contributed by atoms with Gasteiger partial charge < -0.3 is 15.0 Å². The van der Waals surface area contributed by atoms with Crippen LogP contribution in [0.15, 0.2) is 52.3 Å². The summed E-state index contributed by atoms with van der Waals surface area (Å²) in [6, 6.07) is 9.96. The first-order valence-corrected chi connectivity index (χ1v) is 15.4. The van der Waals surface area contributed by atoms with Gasteiger partial charge in [0.25, 0.3) is 5.56 Å². The molecule has 0 bridgehead atoms. The van der Waals surface area contributed by atoms with Crippen molar-refractivity contribution in [1.82, 2.24) is 19.4 Å². The van der Waals surface area contributed by atoms with Gasteiger partial charge in [0.15, 0.2) is 9.84 Å². The molecule has 214 valence electrons. The van der Waals surface area contributed by atoms with E-state index in [-0.39, 0.29) is 16.5 Å². The summed E-state index contributed by atoms with van der Waals surface area (Å²) in [6.07, 6.45) is 5.11. The minimum absolute atomic E-state index is 0.0672. The number of fused-ring (bicyclic) bond motifs is 1. The lowest BCUT2D eigenvalue weighted by Gasteiger charge is -2.33. The Balaban J connectivity index is 1.29. The fourth-order valence-corrected chi connectivity index (χ4v) is 7.39. The molecule has 2 aromatic heterocycles. The predicted molar refractivity (Wildman–Crippen MR) is 154 cm³/mol. The van der Waals surface area contributed by atoms with Gasteiger partial charge in [-0.2, -0.15) is 4.98 Å². The van der Waals surface area contributed by atoms with E-state index >= 15 is 0 Å². The topological polar surface area (TPSA) is 123 Å². The molecule has 40 heavy (non-hydrogen) atoms. The Morgan fingerprint density at radius 3 is 2.35 bits per heavy atom. The van der Waals surface area contributed by atoms with Gasteiger partial charge in [0.05, 0.1) is 10.1 Å². The molecule has 2 fully saturated rings. The third kappa shape index (κ3) is 5.84. The quantitative estimate of drug-likeness (QED) is 0.453. The first-order valence-electron chi connectivity index (χ1n) is 13.9. The molecule has 1 N–H and O–H groups in total. The number of hydrogen-bond donors (Lipinski definition) is 1. The van der Waals surface area contributed by atoms with E-state index in [1.54, 1.807) is 52.1 Å². The third-order valence-corrected chi connectivity index (χ3v) is 10.1. The molecule has 5 rings (SSSR count). The number of nitrogens with zero attached hydrogens (tertiary/aromatic N) is 4. The molecule has 1 aromatic carbocycles. The molecule has 3 aromatic rings. The molecule has 2 atom stereocenters. The highest BCUT2D eigenvalue weighted by molar-refractivity contribution is 7.92. The van der Waals surface area contributed by atoms with Crippen LogP contribution in [0.1, 0.15) is 65.8 Å². The van der Waals surface area contributed by atoms with E-state index in [0.29, 0.717) is 49.1 Å². The number of nitrogens with one attached hydrogen (secondary N) is 1. The van der Waals surface area contributed by atoms with E-state index in [9.17, 15) is 18.0 Å². The van der Waals surface area contributed by atoms with Crippen molar-refractivity contribution in [3.8, 4) is 0 Å². The number of hydrogen-bond acceptors (Lipinski definition) is 8. The van der Waals surface area contributed by atoms with Crippen LogP contribution in [0, 0.1) is 5.92 Å². The summed E-state index contributed by atoms with van der Waals surface area (Å²) in [5, 5.41) is 3.38. The van der Waals surface area contributed by atoms with Crippen molar-refractivity contribution in [2.45, 2.75) is 81.6 Å². The Morgan fingerprint density at radius 1 is 1.02 bits per heavy atom. The number of ether oxygens (including phenoxy) is 1. The maximum absolute atomic E-state index is 13.3. The normalized spacial score (nSPS) is 20.6. The summed E-state index contributed by atoms with van der Waals surface area (Å²) in [5.41, 5.74) is 0.572. The van der Waals surface area contributed by atoms with Crippen LogP contribution in [-0.2, 0) is 14.6 Å². The molecule has 0 spiro atoms. The molecule has 1 saturated carbocycles. The van der Waals surface area contributed by atoms with Crippen LogP contribution in [-0.4, -0.2) is 57.9 Å². The highest BCUT2D eigenvalue weighted by atomic mass is 32.2. The van der Waals surface area contributed by atoms with Crippen molar-refractivity contribution in [3.05, 3.63) is 52.9 Å². The molecule has 3 heterocycles. The first kappa shape index (κ1) is 28.1. The molecule has 1 unspecified atom stereocenters. The standard InChI is InChI=1S/C29H37N5O5S/c1-19-6-5-7-24(19)34-25(35)13-8-20-18-30-27(32-26(20)34)31-21-9-11-22(12-10-21)40(37,38)23-14-16-33(17-15-23)28(36)39-29(2,3)4/h8-13,18-19,23-24H,5-7,14-17H2,1-4H3,(H,30,31,32)/t19-,24?/m0/s1. The second-order valence-corrected chi connectivity index (χ2v) is 14.1. The molecule has 1 amide bonds. The zero-order valence-electron chi connectivity index (χ0n) is 23.5. The maximum atomic E-state index is 13.3. The number of carbonyl (C=O) groups is 1. The minimum Gasteiger partial charge on any atom is -0.444 e. The van der Waals surface area contributed by atoms with Gasteiger partial charge in [0, 0.05) is 42.5 Å². The number of rotatable bonds is 5. The van der Waals surface area contributed by atoms with Crippen molar-refractivity contribution in [2.75, 3.05) is 18.4 Å². The van der Waals surface area contributed by atoms with Crippen molar-refractivity contribution in [3.63, 3.8) is 0 Å². The molecule has 1 saturated heterocycles. The van der Waals surface area contributed by atoms with E-state index in [1.165, 1.54) is 0 Å². The van der Waals surface area contributed by atoms with Crippen molar-refractivity contribution in [1.29, 1.82) is 0 Å². The monoisotopic (exact) mass is 567 g/mol. The van der Waals surface area contributed by atoms with E-state index < -0.39 is 26.8 Å². The summed E-state index contributed by atoms with van der Waals surface area (Å²) in [5.74, 6) is 0.733. The van der Waals surface area contributed by atoms with Crippen LogP contribution in [0.5, 0.6) is 0 Å². The fourth-order valence-electron chi connectivity index (χ4n) is 5.65. The highest BCUT2D eigenvalue weighted by Crippen LogP contribution is 2.36. The predicted octanol–water partition coefficient (Wildman–Crippen LogP) is 5.07. The maximum Gasteiger partial charge on any atom is 0.410 e. The average molecular weight is 568 g/mol. The zero-order valence-corrected chi connectivity index (χ0v) is 24.3. The van der Waals surface area contributed by atoms with Crippen molar-refractivity contribution >= 4 is 38.6 Å². The van der Waals surface area contributed by atoms with E-state index in [4.69, 9.17) is 4.74 Å². The third-order valence-electron chi connectivity index (χ3n) is 7.79. The summed E-state index contributed by atoms with van der Waals surface area (Å²) in [6.45, 7) is 8.26. The highest BCUT2D eigenvalue weighted by Gasteiger charge is 2.34. The van der Waals surface area contributed by atoms with Crippen LogP contribution in [0.4, 0.5) is 16.4 Å². The van der Waals surface area contributed by atoms with Crippen LogP contribution in [0.3, 0.4) is 0 Å². The SMILES string of the molecule is C[C@H]1CCCC1n1c(=O)ccc2cnc(Nc3ccc(S(=O)(=O)C4CCN(C(=O)OC(C)(C)C)CC4)cc3)nc21. The summed E-state index contributed by atoms with van der Waals surface area (Å²) >= 11 is 0. The molecular weight excluding hydrogens is 530 g/mol. The van der Waals surface area contributed by atoms with Crippen molar-refractivity contribution < 1.29 is 17.9 Å². The molecule has 0 radical (unpaired) electrons. The number of pyridine rings is 1. The Labute approximate surface area is 234 Å². The Morgan fingerprint density at radius 2 is 1.73 bits per heavy atom. The smallest absolute Gasteiger partial charge is 0.410 e. The van der Waals surface area contributed by atoms with Gasteiger partial charge in [-0.3, -0.25) is 9.36 Å². The number of carbonyl (C=O) groups excluding carboxylic acids is 1. The Bertz CT molecular complexity index is 1550. The zero-order chi connectivity index (χ0) is 28.7. The van der Waals surface area contributed by atoms with Crippen LogP contribution in [0.25, 0.3) is 11.0 Å². The lowest BCUT2D eigenvalue weighted by molar-refractivity contribution is 0.0217. The van der Waals surface area contributed by atoms with Gasteiger partial charge in [-0.25, -0.2) is 18.2 Å². The molecule has 11 heteroatoms. The van der Waals surface area contributed by atoms with Gasteiger partial charge in [0.2, 0.25) is 5.95 Å². The summed E-state index contributed by atoms with van der Waals surface area (Å²) in [4.78, 5) is 36.0. The van der Waals surface area contributed by atoms with Gasteiger partial charge in [0.1, 0.15) is 11.2 Å². The number of benzene rings is 1. The molecule has 1 aliphatic carbocycles. The average Bonchev–Trinajstić information content (AvgIpc) is 3.33. The number of anilines is 2. The summed E-state index contributed by atoms with van der Waals surface area (Å²) < 4.78 is 33.8. The first-order chi connectivity index (χ1) is 18.9. The fraction of sp³-hybridized carbons (Fsp3) is 0.517. The van der Waals surface area contributed by atoms with E-state index in [0.717, 1.165) is 24.6 Å². The molecular formula is C29H37N5O5S. The number of aromatic nitrogens is 3. The number of piperidine rings is 1. The van der Waals surface area contributed by atoms with E-state index in [2.05, 4.69) is 22.2 Å². The van der Waals surface area contributed by atoms with Gasteiger partial charge in [-0.1, -0.05) is 13.3 Å². The van der Waals surface area contributed by atoms with E-state index in [1.807, 2.05) is 20.8 Å². The van der Waals surface area contributed by atoms with Crippen molar-refractivity contribution in [2.24, 2.45) is 5.92 Å². The second kappa shape index (κ2) is 10.8. The van der Waals surface area contributed by atoms with Crippen LogP contribution >= 0.6 is 0 Å². The Hall–Kier alpha value is -3.47. The van der Waals surface area contributed by atoms with Crippen LogP contribution in [0.2, 0.25) is 0 Å². The van der Waals surface area contributed by atoms with Crippen LogP contribution < -0.4 is 10.9 Å². The molecule has 10 nitrogen and oxygen atoms in total. The largest absolute Gasteiger partial charge is 0.444 e. The van der Waals surface area contributed by atoms with Gasteiger partial charge in [-0.05, 0) is 82.7 Å². The summed E-state index contributed by atoms with van der Waals surface area (Å²) in [7, 11) is -3.57. The number of likely N-dealkylation sites (tertiary alicyclic amines) is 1. The number of sulfone groups is 1. The second-order valence-electron chi connectivity index (χ2n) is 11.9. The Kier molecular flexibility index (Phi) is 7.60. The molecule has 2 aliphatic rings. The number of amides is 1. The van der Waals surface area contributed by atoms with Gasteiger partial charge in [-0.15, -0.1) is 0 Å². The molecule has 1 aliphatic heterocycles. The lowest BCUT2D eigenvalue weighted by atomic mass is 10.1.